The molecule has 1 fully saturated rings. The summed E-state index contributed by atoms with van der Waals surface area (Å²) in [6.45, 7) is 6.61. The first-order chi connectivity index (χ1) is 8.56. The molecule has 0 radical (unpaired) electrons. The zero-order valence-electron chi connectivity index (χ0n) is 10.6. The van der Waals surface area contributed by atoms with Gasteiger partial charge < -0.3 is 4.90 Å². The third-order valence-corrected chi connectivity index (χ3v) is 6.10. The Labute approximate surface area is 119 Å². The van der Waals surface area contributed by atoms with E-state index in [0.717, 1.165) is 35.7 Å². The molecule has 0 N–H and O–H groups in total. The van der Waals surface area contributed by atoms with Gasteiger partial charge in [-0.05, 0) is 23.3 Å². The number of piperidine rings is 1. The van der Waals surface area contributed by atoms with E-state index in [0.29, 0.717) is 4.83 Å². The van der Waals surface area contributed by atoms with Gasteiger partial charge in [0, 0.05) is 29.5 Å². The van der Waals surface area contributed by atoms with Crippen LogP contribution in [-0.4, -0.2) is 27.9 Å². The molecular weight excluding hydrogens is 310 g/mol. The van der Waals surface area contributed by atoms with Gasteiger partial charge >= 0.3 is 0 Å². The maximum absolute atomic E-state index is 4.67. The molecule has 2 aromatic rings. The van der Waals surface area contributed by atoms with Crippen LogP contribution in [0.5, 0.6) is 0 Å². The Morgan fingerprint density at radius 2 is 2.33 bits per heavy atom. The summed E-state index contributed by atoms with van der Waals surface area (Å²) in [4.78, 5) is 13.1. The highest BCUT2D eigenvalue weighted by Crippen LogP contribution is 2.35. The Morgan fingerprint density at radius 1 is 1.50 bits per heavy atom. The van der Waals surface area contributed by atoms with Gasteiger partial charge in [-0.3, -0.25) is 0 Å². The largest absolute Gasteiger partial charge is 0.340 e. The first-order valence-corrected chi connectivity index (χ1v) is 7.95. The molecule has 3 nitrogen and oxygen atoms in total. The van der Waals surface area contributed by atoms with Crippen molar-refractivity contribution in [3.63, 3.8) is 0 Å². The highest BCUT2D eigenvalue weighted by atomic mass is 79.9. The minimum atomic E-state index is 0.256. The molecule has 2 aromatic heterocycles. The number of nitrogens with zero attached hydrogens (tertiary/aromatic N) is 3. The van der Waals surface area contributed by atoms with E-state index in [2.05, 4.69) is 56.1 Å². The molecule has 0 spiro atoms. The smallest absolute Gasteiger partial charge is 0.226 e. The van der Waals surface area contributed by atoms with Crippen LogP contribution in [-0.2, 0) is 0 Å². The van der Waals surface area contributed by atoms with Gasteiger partial charge in [-0.1, -0.05) is 29.8 Å². The molecule has 0 aromatic carbocycles. The maximum atomic E-state index is 4.67. The summed E-state index contributed by atoms with van der Waals surface area (Å²) >= 11 is 5.46. The van der Waals surface area contributed by atoms with E-state index in [9.17, 15) is 0 Å². The zero-order chi connectivity index (χ0) is 12.8. The first kappa shape index (κ1) is 12.4. The van der Waals surface area contributed by atoms with Gasteiger partial charge in [-0.25, -0.2) is 9.97 Å². The van der Waals surface area contributed by atoms with Crippen LogP contribution in [0.2, 0.25) is 0 Å². The number of thiophene rings is 1. The van der Waals surface area contributed by atoms with E-state index in [-0.39, 0.29) is 5.41 Å². The van der Waals surface area contributed by atoms with Crippen LogP contribution >= 0.6 is 27.3 Å². The number of alkyl halides is 1. The van der Waals surface area contributed by atoms with Crippen LogP contribution in [0, 0.1) is 5.41 Å². The fourth-order valence-corrected chi connectivity index (χ4v) is 3.48. The van der Waals surface area contributed by atoms with Gasteiger partial charge in [0.15, 0.2) is 0 Å². The van der Waals surface area contributed by atoms with Crippen molar-refractivity contribution in [2.24, 2.45) is 5.41 Å². The predicted octanol–water partition coefficient (Wildman–Crippen LogP) is 3.69. The molecule has 3 rings (SSSR count). The summed E-state index contributed by atoms with van der Waals surface area (Å²) in [6.07, 6.45) is 3.07. The van der Waals surface area contributed by atoms with Crippen molar-refractivity contribution >= 4 is 43.4 Å². The number of fused-ring (bicyclic) bond motifs is 1. The van der Waals surface area contributed by atoms with Crippen LogP contribution in [0.4, 0.5) is 5.95 Å². The standard InChI is InChI=1S/C13H16BrN3S/c1-13(2)8-17(5-3-10(13)14)12-15-7-9-4-6-18-11(9)16-12/h4,6-7,10H,3,5,8H2,1-2H3. The number of halogens is 1. The number of aromatic nitrogens is 2. The van der Waals surface area contributed by atoms with Crippen molar-refractivity contribution in [2.45, 2.75) is 25.1 Å². The molecule has 0 bridgehead atoms. The van der Waals surface area contributed by atoms with E-state index in [1.165, 1.54) is 0 Å². The van der Waals surface area contributed by atoms with Crippen LogP contribution in [0.1, 0.15) is 20.3 Å². The molecule has 0 saturated carbocycles. The second-order valence-electron chi connectivity index (χ2n) is 5.52. The topological polar surface area (TPSA) is 29.0 Å². The van der Waals surface area contributed by atoms with Gasteiger partial charge in [-0.2, -0.15) is 0 Å². The third kappa shape index (κ3) is 2.14. The molecule has 18 heavy (non-hydrogen) atoms. The minimum absolute atomic E-state index is 0.256. The van der Waals surface area contributed by atoms with E-state index < -0.39 is 0 Å². The van der Waals surface area contributed by atoms with E-state index in [1.807, 2.05) is 6.20 Å². The zero-order valence-corrected chi connectivity index (χ0v) is 13.0. The van der Waals surface area contributed by atoms with E-state index in [1.54, 1.807) is 11.3 Å². The van der Waals surface area contributed by atoms with Crippen molar-refractivity contribution in [2.75, 3.05) is 18.0 Å². The quantitative estimate of drug-likeness (QED) is 0.749. The molecule has 1 atom stereocenters. The number of hydrogen-bond donors (Lipinski definition) is 0. The monoisotopic (exact) mass is 325 g/mol. The minimum Gasteiger partial charge on any atom is -0.340 e. The Balaban J connectivity index is 1.90. The SMILES string of the molecule is CC1(C)CN(c2ncc3ccsc3n2)CCC1Br. The van der Waals surface area contributed by atoms with E-state index in [4.69, 9.17) is 0 Å². The summed E-state index contributed by atoms with van der Waals surface area (Å²) in [5, 5.41) is 3.20. The van der Waals surface area contributed by atoms with Crippen LogP contribution < -0.4 is 4.90 Å². The lowest BCUT2D eigenvalue weighted by Gasteiger charge is -2.41. The fourth-order valence-electron chi connectivity index (χ4n) is 2.40. The molecule has 0 aliphatic carbocycles. The van der Waals surface area contributed by atoms with Crippen molar-refractivity contribution in [3.05, 3.63) is 17.6 Å². The van der Waals surface area contributed by atoms with Gasteiger partial charge in [0.2, 0.25) is 5.95 Å². The lowest BCUT2D eigenvalue weighted by atomic mass is 9.84. The van der Waals surface area contributed by atoms with Crippen molar-refractivity contribution < 1.29 is 0 Å². The average molecular weight is 326 g/mol. The summed E-state index contributed by atoms with van der Waals surface area (Å²) < 4.78 is 0. The van der Waals surface area contributed by atoms with Crippen molar-refractivity contribution in [1.29, 1.82) is 0 Å². The molecule has 0 amide bonds. The van der Waals surface area contributed by atoms with Crippen molar-refractivity contribution in [3.8, 4) is 0 Å². The number of anilines is 1. The lowest BCUT2D eigenvalue weighted by Crippen LogP contribution is -2.47. The summed E-state index contributed by atoms with van der Waals surface area (Å²) in [6, 6.07) is 2.07. The van der Waals surface area contributed by atoms with Gasteiger partial charge in [0.05, 0.1) is 0 Å². The summed E-state index contributed by atoms with van der Waals surface area (Å²) in [5.41, 5.74) is 0.256. The first-order valence-electron chi connectivity index (χ1n) is 6.15. The number of hydrogen-bond acceptors (Lipinski definition) is 4. The summed E-state index contributed by atoms with van der Waals surface area (Å²) in [7, 11) is 0. The summed E-state index contributed by atoms with van der Waals surface area (Å²) in [5.74, 6) is 0.873. The maximum Gasteiger partial charge on any atom is 0.226 e. The highest BCUT2D eigenvalue weighted by Gasteiger charge is 2.35. The Kier molecular flexibility index (Phi) is 3.06. The Bertz CT molecular complexity index is 566. The Hall–Kier alpha value is -0.680. The molecule has 1 aliphatic rings. The van der Waals surface area contributed by atoms with Crippen LogP contribution in [0.3, 0.4) is 0 Å². The molecule has 1 unspecified atom stereocenters. The van der Waals surface area contributed by atoms with Gasteiger partial charge in [-0.15, -0.1) is 11.3 Å². The molecule has 1 saturated heterocycles. The Morgan fingerprint density at radius 3 is 3.11 bits per heavy atom. The van der Waals surface area contributed by atoms with Crippen LogP contribution in [0.25, 0.3) is 10.2 Å². The molecule has 1 aliphatic heterocycles. The molecular formula is C13H16BrN3S. The predicted molar refractivity (Wildman–Crippen MR) is 80.7 cm³/mol. The fraction of sp³-hybridized carbons (Fsp3) is 0.538. The molecule has 96 valence electrons. The second kappa shape index (κ2) is 4.46. The third-order valence-electron chi connectivity index (χ3n) is 3.58. The van der Waals surface area contributed by atoms with Crippen molar-refractivity contribution in [1.82, 2.24) is 9.97 Å². The number of rotatable bonds is 1. The average Bonchev–Trinajstić information content (AvgIpc) is 2.79. The normalized spacial score (nSPS) is 23.5. The van der Waals surface area contributed by atoms with Crippen LogP contribution in [0.15, 0.2) is 17.6 Å². The van der Waals surface area contributed by atoms with Gasteiger partial charge in [0.1, 0.15) is 4.83 Å². The van der Waals surface area contributed by atoms with Gasteiger partial charge in [0.25, 0.3) is 0 Å². The lowest BCUT2D eigenvalue weighted by molar-refractivity contribution is 0.308. The molecule has 3 heterocycles. The molecule has 5 heteroatoms. The highest BCUT2D eigenvalue weighted by molar-refractivity contribution is 9.09. The van der Waals surface area contributed by atoms with E-state index >= 15 is 0 Å². The second-order valence-corrected chi connectivity index (χ2v) is 7.52.